The third kappa shape index (κ3) is 6.83. The maximum absolute atomic E-state index is 14.3. The molecule has 0 saturated heterocycles. The maximum Gasteiger partial charge on any atom is 0.336 e. The number of hydrogen-bond donors (Lipinski definition) is 3. The van der Waals surface area contributed by atoms with Crippen LogP contribution in [-0.2, 0) is 17.8 Å². The summed E-state index contributed by atoms with van der Waals surface area (Å²) >= 11 is 0. The largest absolute Gasteiger partial charge is 0.478 e. The number of amides is 1. The highest BCUT2D eigenvalue weighted by Crippen LogP contribution is 2.37. The second kappa shape index (κ2) is 12.3. The molecule has 1 amide bonds. The Labute approximate surface area is 242 Å². The Morgan fingerprint density at radius 1 is 0.881 bits per heavy atom. The molecule has 3 aromatic rings. The van der Waals surface area contributed by atoms with E-state index in [1.54, 1.807) is 12.3 Å². The lowest BCUT2D eigenvalue weighted by molar-refractivity contribution is 0.00197. The minimum Gasteiger partial charge on any atom is -0.478 e. The van der Waals surface area contributed by atoms with Crippen molar-refractivity contribution in [1.29, 1.82) is 0 Å². The van der Waals surface area contributed by atoms with Crippen LogP contribution in [0.1, 0.15) is 103 Å². The van der Waals surface area contributed by atoms with Crippen molar-refractivity contribution in [2.45, 2.75) is 58.2 Å². The summed E-state index contributed by atoms with van der Waals surface area (Å²) in [6.45, 7) is 5.69. The number of carbonyl (C=O) groups excluding carboxylic acids is 1. The molecule has 0 bridgehead atoms. The van der Waals surface area contributed by atoms with E-state index in [2.05, 4.69) is 5.16 Å². The van der Waals surface area contributed by atoms with Crippen LogP contribution in [0.5, 0.6) is 0 Å². The van der Waals surface area contributed by atoms with Gasteiger partial charge in [-0.05, 0) is 80.5 Å². The summed E-state index contributed by atoms with van der Waals surface area (Å²) in [5.74, 6) is -5.46. The molecule has 218 valence electrons. The van der Waals surface area contributed by atoms with E-state index in [0.717, 1.165) is 47.2 Å². The average molecular weight is 573 g/mol. The molecule has 10 heteroatoms. The molecule has 1 aliphatic rings. The first kappa shape index (κ1) is 30.0. The van der Waals surface area contributed by atoms with Gasteiger partial charge in [0.05, 0.1) is 34.5 Å². The van der Waals surface area contributed by atoms with Gasteiger partial charge in [-0.1, -0.05) is 47.6 Å². The van der Waals surface area contributed by atoms with E-state index >= 15 is 0 Å². The molecule has 0 saturated carbocycles. The normalized spacial score (nSPS) is 14.7. The summed E-state index contributed by atoms with van der Waals surface area (Å²) in [7, 11) is 0. The van der Waals surface area contributed by atoms with E-state index < -0.39 is 57.7 Å². The molecule has 10 nitrogen and oxygen atoms in total. The molecule has 0 aromatic heterocycles. The van der Waals surface area contributed by atoms with E-state index in [0.29, 0.717) is 6.42 Å². The topological polar surface area (TPSA) is 154 Å². The molecule has 1 atom stereocenters. The zero-order valence-electron chi connectivity index (χ0n) is 23.5. The average Bonchev–Trinajstić information content (AvgIpc) is 2.94. The van der Waals surface area contributed by atoms with E-state index in [1.807, 2.05) is 63.2 Å². The molecule has 0 fully saturated rings. The van der Waals surface area contributed by atoms with Gasteiger partial charge in [-0.3, -0.25) is 4.79 Å². The number of nitrogens with zero attached hydrogens (tertiary/aromatic N) is 2. The van der Waals surface area contributed by atoms with Gasteiger partial charge < -0.3 is 25.1 Å². The molecule has 0 unspecified atom stereocenters. The van der Waals surface area contributed by atoms with Gasteiger partial charge in [0.25, 0.3) is 5.91 Å². The Kier molecular flexibility index (Phi) is 8.75. The molecule has 1 aliphatic carbocycles. The number of oxime groups is 1. The second-order valence-electron chi connectivity index (χ2n) is 11.1. The first-order valence-corrected chi connectivity index (χ1v) is 13.4. The first-order chi connectivity index (χ1) is 19.9. The van der Waals surface area contributed by atoms with Crippen LogP contribution in [0.4, 0.5) is 0 Å². The number of carboxylic acids is 3. The van der Waals surface area contributed by atoms with Gasteiger partial charge in [0.2, 0.25) is 0 Å². The molecule has 0 aliphatic heterocycles. The highest BCUT2D eigenvalue weighted by Gasteiger charge is 2.33. The predicted octanol–water partition coefficient (Wildman–Crippen LogP) is 5.65. The number of aryl methyl sites for hydroxylation is 1. The minimum atomic E-state index is -1.61. The van der Waals surface area contributed by atoms with Crippen molar-refractivity contribution >= 4 is 30.0 Å². The molecule has 0 heterocycles. The lowest BCUT2D eigenvalue weighted by Crippen LogP contribution is -2.37. The van der Waals surface area contributed by atoms with E-state index in [-0.39, 0.29) is 6.54 Å². The number of carbonyl (C=O) groups is 4. The van der Waals surface area contributed by atoms with E-state index in [1.165, 1.54) is 4.90 Å². The summed E-state index contributed by atoms with van der Waals surface area (Å²) in [6, 6.07) is 16.2. The fraction of sp³-hybridized carbons (Fsp3) is 0.281. The Morgan fingerprint density at radius 2 is 1.50 bits per heavy atom. The monoisotopic (exact) mass is 572 g/mol. The van der Waals surface area contributed by atoms with Gasteiger partial charge in [-0.25, -0.2) is 14.4 Å². The highest BCUT2D eigenvalue weighted by atomic mass is 16.6. The van der Waals surface area contributed by atoms with Crippen LogP contribution in [0, 0.1) is 0 Å². The first-order valence-electron chi connectivity index (χ1n) is 13.4. The maximum atomic E-state index is 14.3. The summed E-state index contributed by atoms with van der Waals surface area (Å²) < 4.78 is 0. The Bertz CT molecular complexity index is 1570. The number of fused-ring (bicyclic) bond motifs is 1. The van der Waals surface area contributed by atoms with Crippen LogP contribution in [0.3, 0.4) is 0 Å². The van der Waals surface area contributed by atoms with Crippen molar-refractivity contribution in [3.8, 4) is 0 Å². The molecule has 3 aromatic carbocycles. The summed E-state index contributed by atoms with van der Waals surface area (Å²) in [6.07, 6.45) is 3.77. The standard InChI is InChI=1S/C32H32N2O8/c1-32(2,3)42-33-17-19-8-6-9-20(14-19)18-34(27-13-7-11-21-10-4-5-12-22(21)27)28(35)23-15-25(30(38)39)26(31(40)41)16-24(23)29(36)37/h4-6,8-10,12,14-17,27H,7,11,13,18H2,1-3H3,(H,36,37)(H,38,39)(H,40,41)/t27-/m0/s1. The molecular formula is C32H32N2O8. The van der Waals surface area contributed by atoms with Gasteiger partial charge >= 0.3 is 17.9 Å². The lowest BCUT2D eigenvalue weighted by Gasteiger charge is -2.36. The number of carboxylic acid groups (broad SMARTS) is 3. The zero-order chi connectivity index (χ0) is 30.6. The third-order valence-electron chi connectivity index (χ3n) is 6.89. The molecule has 4 rings (SSSR count). The van der Waals surface area contributed by atoms with Crippen molar-refractivity contribution in [3.05, 3.63) is 105 Å². The Hall–Kier alpha value is -4.99. The van der Waals surface area contributed by atoms with Crippen LogP contribution in [-0.4, -0.2) is 55.9 Å². The van der Waals surface area contributed by atoms with Crippen molar-refractivity contribution in [2.75, 3.05) is 0 Å². The van der Waals surface area contributed by atoms with Gasteiger partial charge in [-0.2, -0.15) is 0 Å². The van der Waals surface area contributed by atoms with Gasteiger partial charge in [0.1, 0.15) is 5.60 Å². The highest BCUT2D eigenvalue weighted by molar-refractivity contribution is 6.10. The van der Waals surface area contributed by atoms with Crippen LogP contribution >= 0.6 is 0 Å². The van der Waals surface area contributed by atoms with Crippen molar-refractivity contribution in [2.24, 2.45) is 5.16 Å². The third-order valence-corrected chi connectivity index (χ3v) is 6.89. The second-order valence-corrected chi connectivity index (χ2v) is 11.1. The number of benzene rings is 3. The Balaban J connectivity index is 1.82. The molecule has 3 N–H and O–H groups in total. The Morgan fingerprint density at radius 3 is 2.14 bits per heavy atom. The molecular weight excluding hydrogens is 540 g/mol. The van der Waals surface area contributed by atoms with Crippen molar-refractivity contribution in [3.63, 3.8) is 0 Å². The zero-order valence-corrected chi connectivity index (χ0v) is 23.5. The van der Waals surface area contributed by atoms with E-state index in [9.17, 15) is 34.5 Å². The smallest absolute Gasteiger partial charge is 0.336 e. The summed E-state index contributed by atoms with van der Waals surface area (Å²) in [5.41, 5.74) is 0.595. The van der Waals surface area contributed by atoms with Gasteiger partial charge in [0.15, 0.2) is 0 Å². The molecule has 42 heavy (non-hydrogen) atoms. The number of hydrogen-bond acceptors (Lipinski definition) is 6. The molecule has 0 radical (unpaired) electrons. The van der Waals surface area contributed by atoms with Gasteiger partial charge in [0, 0.05) is 6.54 Å². The lowest BCUT2D eigenvalue weighted by atomic mass is 9.86. The SMILES string of the molecule is CC(C)(C)ON=Cc1cccc(CN(C(=O)c2cc(C(=O)O)c(C(=O)O)cc2C(=O)O)[C@H]2CCCc3ccccc32)c1. The van der Waals surface area contributed by atoms with Crippen molar-refractivity contribution < 1.29 is 39.3 Å². The van der Waals surface area contributed by atoms with Crippen LogP contribution < -0.4 is 0 Å². The van der Waals surface area contributed by atoms with Gasteiger partial charge in [-0.15, -0.1) is 0 Å². The quantitative estimate of drug-likeness (QED) is 0.220. The summed E-state index contributed by atoms with van der Waals surface area (Å²) in [5, 5.41) is 33.2. The fourth-order valence-electron chi connectivity index (χ4n) is 5.05. The number of aromatic carboxylic acids is 3. The fourth-order valence-corrected chi connectivity index (χ4v) is 5.05. The minimum absolute atomic E-state index is 0.0712. The predicted molar refractivity (Wildman–Crippen MR) is 154 cm³/mol. The van der Waals surface area contributed by atoms with Crippen LogP contribution in [0.15, 0.2) is 65.8 Å². The van der Waals surface area contributed by atoms with Crippen LogP contribution in [0.2, 0.25) is 0 Å². The number of rotatable bonds is 9. The van der Waals surface area contributed by atoms with Crippen LogP contribution in [0.25, 0.3) is 0 Å². The molecule has 0 spiro atoms. The van der Waals surface area contributed by atoms with Crippen molar-refractivity contribution in [1.82, 2.24) is 4.90 Å². The van der Waals surface area contributed by atoms with E-state index in [4.69, 9.17) is 4.84 Å². The summed E-state index contributed by atoms with van der Waals surface area (Å²) in [4.78, 5) is 57.1.